The number of piperidine rings is 1. The summed E-state index contributed by atoms with van der Waals surface area (Å²) in [5.74, 6) is 1.90. The fourth-order valence-corrected chi connectivity index (χ4v) is 7.19. The number of pyridine rings is 1. The van der Waals surface area contributed by atoms with E-state index in [1.54, 1.807) is 12.1 Å². The van der Waals surface area contributed by atoms with Gasteiger partial charge in [-0.2, -0.15) is 0 Å². The molecule has 0 aromatic carbocycles. The third-order valence-corrected chi connectivity index (χ3v) is 8.86. The average molecular weight is 444 g/mol. The Bertz CT molecular complexity index is 989. The van der Waals surface area contributed by atoms with E-state index in [-0.39, 0.29) is 40.1 Å². The Morgan fingerprint density at radius 2 is 1.87 bits per heavy atom. The van der Waals surface area contributed by atoms with Crippen LogP contribution in [0.3, 0.4) is 0 Å². The largest absolute Gasteiger partial charge is 0.481 e. The highest BCUT2D eigenvalue weighted by molar-refractivity contribution is 6.29. The van der Waals surface area contributed by atoms with E-state index >= 15 is 0 Å². The Morgan fingerprint density at radius 1 is 1.16 bits per heavy atom. The minimum absolute atomic E-state index is 0.00713. The van der Waals surface area contributed by atoms with Crippen LogP contribution in [0.1, 0.15) is 36.0 Å². The molecule has 2 saturated heterocycles. The SMILES string of the molecule is COc1cc(C(=O)N2CCC3(CC2)CCN(C(=O)[C@H]2[C@H]4[C@H]5C[C@@H]2C(=O)[C@H]54)C3)cc(Cl)n1. The molecule has 4 aliphatic carbocycles. The minimum atomic E-state index is -0.0626. The number of nitrogens with zero attached hydrogens (tertiary/aromatic N) is 3. The van der Waals surface area contributed by atoms with E-state index in [0.29, 0.717) is 42.2 Å². The lowest BCUT2D eigenvalue weighted by molar-refractivity contribution is -0.138. The van der Waals surface area contributed by atoms with Gasteiger partial charge in [0.15, 0.2) is 0 Å². The number of aromatic nitrogens is 1. The van der Waals surface area contributed by atoms with Crippen LogP contribution in [0.25, 0.3) is 0 Å². The summed E-state index contributed by atoms with van der Waals surface area (Å²) < 4.78 is 5.13. The fraction of sp³-hybridized carbons (Fsp3) is 0.652. The van der Waals surface area contributed by atoms with Crippen LogP contribution in [0.2, 0.25) is 5.15 Å². The van der Waals surface area contributed by atoms with Crippen LogP contribution in [-0.2, 0) is 9.59 Å². The van der Waals surface area contributed by atoms with E-state index in [2.05, 4.69) is 4.98 Å². The van der Waals surface area contributed by atoms with Crippen molar-refractivity contribution in [2.45, 2.75) is 25.7 Å². The van der Waals surface area contributed by atoms with Crippen molar-refractivity contribution >= 4 is 29.2 Å². The van der Waals surface area contributed by atoms with Crippen LogP contribution in [0.4, 0.5) is 0 Å². The number of amides is 2. The lowest BCUT2D eigenvalue weighted by atomic mass is 9.77. The lowest BCUT2D eigenvalue weighted by Crippen LogP contribution is -2.45. The standard InChI is InChI=1S/C23H26ClN3O4/c1-31-16-9-12(8-15(24)25-16)21(29)26-5-2-23(3-6-26)4-7-27(11-23)22(30)19-14-10-13-17(19)18(13)20(14)28/h8-9,13-14,17-19H,2-7,10-11H2,1H3/t13-,14+,17+,18-,19-/m1/s1. The molecule has 6 aliphatic rings. The molecule has 3 heterocycles. The molecule has 0 unspecified atom stereocenters. The molecule has 1 aromatic rings. The first-order chi connectivity index (χ1) is 14.9. The number of rotatable bonds is 3. The summed E-state index contributed by atoms with van der Waals surface area (Å²) in [7, 11) is 1.50. The van der Waals surface area contributed by atoms with Gasteiger partial charge in [0, 0.05) is 49.6 Å². The van der Waals surface area contributed by atoms with Gasteiger partial charge in [0.05, 0.1) is 13.0 Å². The maximum absolute atomic E-state index is 13.2. The van der Waals surface area contributed by atoms with E-state index in [4.69, 9.17) is 16.3 Å². The molecule has 0 radical (unpaired) electrons. The second-order valence-electron chi connectivity index (χ2n) is 10.1. The van der Waals surface area contributed by atoms with Crippen molar-refractivity contribution in [2.24, 2.45) is 35.0 Å². The number of carbonyl (C=O) groups excluding carboxylic acids is 3. The molecule has 0 N–H and O–H groups in total. The van der Waals surface area contributed by atoms with Gasteiger partial charge in [-0.05, 0) is 49.0 Å². The van der Waals surface area contributed by atoms with Crippen LogP contribution in [0.5, 0.6) is 5.88 Å². The van der Waals surface area contributed by atoms with Gasteiger partial charge in [0.2, 0.25) is 11.8 Å². The molecule has 2 aliphatic heterocycles. The first kappa shape index (κ1) is 19.5. The molecule has 4 bridgehead atoms. The highest BCUT2D eigenvalue weighted by Crippen LogP contribution is 2.71. The van der Waals surface area contributed by atoms with E-state index in [9.17, 15) is 14.4 Å². The van der Waals surface area contributed by atoms with Crippen LogP contribution in [-0.4, -0.2) is 65.7 Å². The number of hydrogen-bond donors (Lipinski definition) is 0. The predicted molar refractivity (Wildman–Crippen MR) is 112 cm³/mol. The average Bonchev–Trinajstić information content (AvgIpc) is 3.12. The minimum Gasteiger partial charge on any atom is -0.481 e. The van der Waals surface area contributed by atoms with Gasteiger partial charge in [-0.1, -0.05) is 11.6 Å². The Labute approximate surface area is 186 Å². The molecule has 164 valence electrons. The Kier molecular flexibility index (Phi) is 4.20. The zero-order chi connectivity index (χ0) is 21.5. The van der Waals surface area contributed by atoms with Crippen LogP contribution < -0.4 is 4.74 Å². The molecule has 4 saturated carbocycles. The normalized spacial score (nSPS) is 34.5. The van der Waals surface area contributed by atoms with Gasteiger partial charge in [-0.15, -0.1) is 0 Å². The Balaban J connectivity index is 1.09. The number of methoxy groups -OCH3 is 1. The molecular formula is C23H26ClN3O4. The maximum Gasteiger partial charge on any atom is 0.254 e. The summed E-state index contributed by atoms with van der Waals surface area (Å²) in [4.78, 5) is 46.4. The van der Waals surface area contributed by atoms with Crippen LogP contribution in [0.15, 0.2) is 12.1 Å². The summed E-state index contributed by atoms with van der Waals surface area (Å²) in [6.45, 7) is 2.88. The van der Waals surface area contributed by atoms with Crippen molar-refractivity contribution in [3.63, 3.8) is 0 Å². The number of ether oxygens (including phenoxy) is 1. The summed E-state index contributed by atoms with van der Waals surface area (Å²) >= 11 is 6.02. The highest BCUT2D eigenvalue weighted by Gasteiger charge is 2.75. The number of carbonyl (C=O) groups is 3. The summed E-state index contributed by atoms with van der Waals surface area (Å²) in [6.07, 6.45) is 3.71. The first-order valence-electron chi connectivity index (χ1n) is 11.2. The third kappa shape index (κ3) is 2.85. The van der Waals surface area contributed by atoms with Crippen molar-refractivity contribution in [1.82, 2.24) is 14.8 Å². The molecule has 7 nitrogen and oxygen atoms in total. The summed E-state index contributed by atoms with van der Waals surface area (Å²) in [6, 6.07) is 3.19. The molecule has 31 heavy (non-hydrogen) atoms. The lowest BCUT2D eigenvalue weighted by Gasteiger charge is -2.39. The molecular weight excluding hydrogens is 418 g/mol. The Hall–Kier alpha value is -2.15. The van der Waals surface area contributed by atoms with E-state index in [1.165, 1.54) is 7.11 Å². The van der Waals surface area contributed by atoms with Crippen molar-refractivity contribution in [3.05, 3.63) is 22.8 Å². The van der Waals surface area contributed by atoms with Crippen LogP contribution >= 0.6 is 11.6 Å². The molecule has 1 aromatic heterocycles. The number of hydrogen-bond acceptors (Lipinski definition) is 5. The van der Waals surface area contributed by atoms with E-state index < -0.39 is 0 Å². The first-order valence-corrected chi connectivity index (χ1v) is 11.6. The van der Waals surface area contributed by atoms with E-state index in [0.717, 1.165) is 38.8 Å². The van der Waals surface area contributed by atoms with Crippen molar-refractivity contribution in [3.8, 4) is 5.88 Å². The molecule has 1 spiro atoms. The summed E-state index contributed by atoms with van der Waals surface area (Å²) in [5.41, 5.74) is 0.578. The summed E-state index contributed by atoms with van der Waals surface area (Å²) in [5, 5.41) is 0.238. The van der Waals surface area contributed by atoms with Gasteiger partial charge < -0.3 is 14.5 Å². The third-order valence-electron chi connectivity index (χ3n) is 8.67. The molecule has 8 heteroatoms. The van der Waals surface area contributed by atoms with Gasteiger partial charge in [-0.3, -0.25) is 14.4 Å². The van der Waals surface area contributed by atoms with Gasteiger partial charge in [-0.25, -0.2) is 4.98 Å². The predicted octanol–water partition coefficient (Wildman–Crippen LogP) is 2.28. The second-order valence-corrected chi connectivity index (χ2v) is 10.4. The molecule has 2 amide bonds. The van der Waals surface area contributed by atoms with Crippen LogP contribution in [0, 0.1) is 35.0 Å². The number of likely N-dealkylation sites (tertiary alicyclic amines) is 2. The second kappa shape index (κ2) is 6.67. The number of Topliss-reactive ketones (excluding diaryl/α,β-unsaturated/α-hetero) is 1. The van der Waals surface area contributed by atoms with Gasteiger partial charge in [0.25, 0.3) is 5.91 Å². The zero-order valence-electron chi connectivity index (χ0n) is 17.6. The zero-order valence-corrected chi connectivity index (χ0v) is 18.3. The topological polar surface area (TPSA) is 79.8 Å². The van der Waals surface area contributed by atoms with Gasteiger partial charge >= 0.3 is 0 Å². The van der Waals surface area contributed by atoms with Crippen molar-refractivity contribution < 1.29 is 19.1 Å². The molecule has 5 atom stereocenters. The molecule has 6 fully saturated rings. The Morgan fingerprint density at radius 3 is 2.45 bits per heavy atom. The smallest absolute Gasteiger partial charge is 0.254 e. The number of halogens is 1. The van der Waals surface area contributed by atoms with Gasteiger partial charge in [0.1, 0.15) is 10.9 Å². The van der Waals surface area contributed by atoms with Crippen molar-refractivity contribution in [1.29, 1.82) is 0 Å². The van der Waals surface area contributed by atoms with Crippen molar-refractivity contribution in [2.75, 3.05) is 33.3 Å². The number of ketones is 1. The highest BCUT2D eigenvalue weighted by atomic mass is 35.5. The monoisotopic (exact) mass is 443 g/mol. The van der Waals surface area contributed by atoms with E-state index in [1.807, 2.05) is 9.80 Å². The quantitative estimate of drug-likeness (QED) is 0.669. The fourth-order valence-electron chi connectivity index (χ4n) is 6.99. The molecule has 7 rings (SSSR count). The maximum atomic E-state index is 13.2.